The highest BCUT2D eigenvalue weighted by Gasteiger charge is 2.44. The van der Waals surface area contributed by atoms with Crippen LogP contribution in [0.2, 0.25) is 0 Å². The molecule has 2 aliphatic rings. The average molecular weight is 321 g/mol. The van der Waals surface area contributed by atoms with Crippen LogP contribution in [-0.4, -0.2) is 28.9 Å². The maximum Gasteiger partial charge on any atom is 0.261 e. The lowest BCUT2D eigenvalue weighted by Crippen LogP contribution is -2.45. The quantitative estimate of drug-likeness (QED) is 0.811. The molecule has 24 heavy (non-hydrogen) atoms. The van der Waals surface area contributed by atoms with Crippen LogP contribution in [0, 0.1) is 0 Å². The number of amides is 2. The van der Waals surface area contributed by atoms with Crippen LogP contribution >= 0.6 is 0 Å². The van der Waals surface area contributed by atoms with Gasteiger partial charge in [-0.05, 0) is 37.0 Å². The molecule has 0 radical (unpaired) electrons. The number of hydrogen-bond donors (Lipinski definition) is 0. The van der Waals surface area contributed by atoms with Crippen molar-refractivity contribution in [2.45, 2.75) is 38.0 Å². The molecule has 4 heteroatoms. The number of fused-ring (bicyclic) bond motifs is 1. The number of carbonyl (C=O) groups excluding carboxylic acids is 2. The first kappa shape index (κ1) is 15.1. The first-order chi connectivity index (χ1) is 11.8. The fraction of sp³-hybridized carbons (Fsp3) is 0.300. The summed E-state index contributed by atoms with van der Waals surface area (Å²) >= 11 is 0. The fourth-order valence-corrected chi connectivity index (χ4v) is 3.68. The highest BCUT2D eigenvalue weighted by Crippen LogP contribution is 2.33. The third kappa shape index (κ3) is 2.53. The normalized spacial score (nSPS) is 22.9. The van der Waals surface area contributed by atoms with Gasteiger partial charge in [-0.15, -0.1) is 0 Å². The topological polar surface area (TPSA) is 46.6 Å². The molecule has 2 atom stereocenters. The summed E-state index contributed by atoms with van der Waals surface area (Å²) in [6.07, 6.45) is 2.57. The second-order valence-electron chi connectivity index (χ2n) is 6.36. The zero-order valence-electron chi connectivity index (χ0n) is 13.4. The van der Waals surface area contributed by atoms with Gasteiger partial charge in [0.2, 0.25) is 0 Å². The Hall–Kier alpha value is -2.46. The van der Waals surface area contributed by atoms with Crippen molar-refractivity contribution in [3.05, 3.63) is 71.3 Å². The van der Waals surface area contributed by atoms with E-state index in [0.717, 1.165) is 24.8 Å². The molecule has 0 N–H and O–H groups in total. The Morgan fingerprint density at radius 3 is 2.17 bits per heavy atom. The zero-order valence-corrected chi connectivity index (χ0v) is 13.4. The number of rotatable bonds is 4. The van der Waals surface area contributed by atoms with Gasteiger partial charge < -0.3 is 4.74 Å². The Morgan fingerprint density at radius 2 is 1.50 bits per heavy atom. The van der Waals surface area contributed by atoms with E-state index in [1.54, 1.807) is 24.3 Å². The molecule has 2 aromatic carbocycles. The van der Waals surface area contributed by atoms with Gasteiger partial charge in [0.1, 0.15) is 0 Å². The van der Waals surface area contributed by atoms with Crippen LogP contribution in [0.3, 0.4) is 0 Å². The van der Waals surface area contributed by atoms with Gasteiger partial charge in [-0.25, -0.2) is 0 Å². The highest BCUT2D eigenvalue weighted by molar-refractivity contribution is 6.21. The summed E-state index contributed by atoms with van der Waals surface area (Å²) in [7, 11) is 0. The van der Waals surface area contributed by atoms with Crippen molar-refractivity contribution in [2.75, 3.05) is 0 Å². The molecule has 4 nitrogen and oxygen atoms in total. The van der Waals surface area contributed by atoms with Gasteiger partial charge in [0.05, 0.1) is 29.9 Å². The van der Waals surface area contributed by atoms with Gasteiger partial charge in [0.15, 0.2) is 0 Å². The Balaban J connectivity index is 1.51. The molecule has 1 fully saturated rings. The fourth-order valence-electron chi connectivity index (χ4n) is 3.68. The molecule has 0 bridgehead atoms. The molecule has 1 aliphatic carbocycles. The molecule has 4 rings (SSSR count). The lowest BCUT2D eigenvalue weighted by Gasteiger charge is -2.28. The maximum absolute atomic E-state index is 12.7. The Labute approximate surface area is 141 Å². The molecule has 1 aliphatic heterocycles. The minimum atomic E-state index is -0.184. The summed E-state index contributed by atoms with van der Waals surface area (Å²) in [6.45, 7) is 0.505. The number of benzene rings is 2. The van der Waals surface area contributed by atoms with Crippen LogP contribution in [0.5, 0.6) is 0 Å². The van der Waals surface area contributed by atoms with Crippen LogP contribution in [0.1, 0.15) is 45.5 Å². The van der Waals surface area contributed by atoms with Crippen molar-refractivity contribution >= 4 is 11.8 Å². The van der Waals surface area contributed by atoms with Crippen LogP contribution in [0.25, 0.3) is 0 Å². The highest BCUT2D eigenvalue weighted by atomic mass is 16.5. The van der Waals surface area contributed by atoms with Gasteiger partial charge in [0.25, 0.3) is 11.8 Å². The lowest BCUT2D eigenvalue weighted by molar-refractivity contribution is -0.000759. The van der Waals surface area contributed by atoms with E-state index in [2.05, 4.69) is 0 Å². The molecule has 2 unspecified atom stereocenters. The van der Waals surface area contributed by atoms with E-state index in [9.17, 15) is 9.59 Å². The zero-order chi connectivity index (χ0) is 16.5. The minimum Gasteiger partial charge on any atom is -0.371 e. The Bertz CT molecular complexity index is 736. The number of hydrogen-bond acceptors (Lipinski definition) is 3. The summed E-state index contributed by atoms with van der Waals surface area (Å²) in [4.78, 5) is 26.8. The smallest absolute Gasteiger partial charge is 0.261 e. The van der Waals surface area contributed by atoms with Crippen molar-refractivity contribution < 1.29 is 14.3 Å². The third-order valence-electron chi connectivity index (χ3n) is 4.88. The molecule has 122 valence electrons. The van der Waals surface area contributed by atoms with Gasteiger partial charge in [-0.3, -0.25) is 14.5 Å². The Kier molecular flexibility index (Phi) is 3.90. The van der Waals surface area contributed by atoms with Gasteiger partial charge in [-0.2, -0.15) is 0 Å². The van der Waals surface area contributed by atoms with E-state index in [4.69, 9.17) is 4.74 Å². The molecule has 1 saturated carbocycles. The number of ether oxygens (including phenoxy) is 1. The average Bonchev–Trinajstić information content (AvgIpc) is 3.17. The summed E-state index contributed by atoms with van der Waals surface area (Å²) < 4.78 is 6.06. The van der Waals surface area contributed by atoms with Crippen molar-refractivity contribution in [2.24, 2.45) is 0 Å². The molecule has 0 aromatic heterocycles. The molecular weight excluding hydrogens is 302 g/mol. The first-order valence-electron chi connectivity index (χ1n) is 8.38. The largest absolute Gasteiger partial charge is 0.371 e. The SMILES string of the molecule is O=C1c2ccccc2C(=O)N1C1CCCC1OCc1ccccc1. The predicted octanol–water partition coefficient (Wildman–Crippen LogP) is 3.42. The number of carbonyl (C=O) groups is 2. The number of imide groups is 1. The van der Waals surface area contributed by atoms with Crippen LogP contribution in [0.15, 0.2) is 54.6 Å². The van der Waals surface area contributed by atoms with Gasteiger partial charge in [0, 0.05) is 0 Å². The van der Waals surface area contributed by atoms with E-state index in [1.165, 1.54) is 4.90 Å². The standard InChI is InChI=1S/C20H19NO3/c22-19-15-9-4-5-10-16(15)20(23)21(19)17-11-6-12-18(17)24-13-14-7-2-1-3-8-14/h1-5,7-10,17-18H,6,11-13H2. The summed E-state index contributed by atoms with van der Waals surface area (Å²) in [5.41, 5.74) is 2.12. The van der Waals surface area contributed by atoms with E-state index in [-0.39, 0.29) is 24.0 Å². The molecule has 0 saturated heterocycles. The van der Waals surface area contributed by atoms with E-state index in [0.29, 0.717) is 17.7 Å². The minimum absolute atomic E-state index is 0.0904. The molecule has 2 amide bonds. The van der Waals surface area contributed by atoms with E-state index in [1.807, 2.05) is 30.3 Å². The third-order valence-corrected chi connectivity index (χ3v) is 4.88. The van der Waals surface area contributed by atoms with Crippen molar-refractivity contribution in [1.29, 1.82) is 0 Å². The molecular formula is C20H19NO3. The van der Waals surface area contributed by atoms with E-state index >= 15 is 0 Å². The van der Waals surface area contributed by atoms with Crippen LogP contribution < -0.4 is 0 Å². The second kappa shape index (κ2) is 6.21. The first-order valence-corrected chi connectivity index (χ1v) is 8.38. The summed E-state index contributed by atoms with van der Waals surface area (Å²) in [5.74, 6) is -0.369. The molecule has 1 heterocycles. The van der Waals surface area contributed by atoms with Gasteiger partial charge >= 0.3 is 0 Å². The Morgan fingerprint density at radius 1 is 0.875 bits per heavy atom. The monoisotopic (exact) mass is 321 g/mol. The summed E-state index contributed by atoms with van der Waals surface area (Å²) in [5, 5.41) is 0. The van der Waals surface area contributed by atoms with Crippen LogP contribution in [-0.2, 0) is 11.3 Å². The number of nitrogens with zero attached hydrogens (tertiary/aromatic N) is 1. The lowest BCUT2D eigenvalue weighted by atomic mass is 10.1. The maximum atomic E-state index is 12.7. The van der Waals surface area contributed by atoms with Gasteiger partial charge in [-0.1, -0.05) is 42.5 Å². The van der Waals surface area contributed by atoms with Crippen molar-refractivity contribution in [3.63, 3.8) is 0 Å². The van der Waals surface area contributed by atoms with Crippen molar-refractivity contribution in [3.8, 4) is 0 Å². The van der Waals surface area contributed by atoms with E-state index < -0.39 is 0 Å². The van der Waals surface area contributed by atoms with Crippen LogP contribution in [0.4, 0.5) is 0 Å². The summed E-state index contributed by atoms with van der Waals surface area (Å²) in [6, 6.07) is 16.9. The molecule has 2 aromatic rings. The predicted molar refractivity (Wildman–Crippen MR) is 89.6 cm³/mol. The second-order valence-corrected chi connectivity index (χ2v) is 6.36. The van der Waals surface area contributed by atoms with Crippen molar-refractivity contribution in [1.82, 2.24) is 4.90 Å². The molecule has 0 spiro atoms.